The fourth-order valence-electron chi connectivity index (χ4n) is 2.94. The van der Waals surface area contributed by atoms with Crippen molar-refractivity contribution in [3.63, 3.8) is 0 Å². The Kier molecular flexibility index (Phi) is 9.21. The van der Waals surface area contributed by atoms with Gasteiger partial charge in [-0.15, -0.1) is 0 Å². The summed E-state index contributed by atoms with van der Waals surface area (Å²) in [6, 6.07) is 23.5. The number of epoxide rings is 1. The molecule has 8 heteroatoms. The molecule has 3 aromatic carbocycles. The number of aliphatic hydroxyl groups is 1. The lowest BCUT2D eigenvalue weighted by molar-refractivity contribution is -0.597. The van der Waals surface area contributed by atoms with E-state index in [2.05, 4.69) is 31.2 Å². The van der Waals surface area contributed by atoms with Crippen LogP contribution >= 0.6 is 0 Å². The molecular formula is C27H28IO7+. The Morgan fingerprint density at radius 3 is 2.29 bits per heavy atom. The van der Waals surface area contributed by atoms with Gasteiger partial charge in [0.2, 0.25) is 0 Å². The number of aryl methyl sites for hydroxylation is 1. The average molecular weight is 591 g/mol. The van der Waals surface area contributed by atoms with Crippen LogP contribution in [0.1, 0.15) is 5.56 Å². The Labute approximate surface area is 215 Å². The monoisotopic (exact) mass is 591 g/mol. The van der Waals surface area contributed by atoms with Crippen LogP contribution in [0.2, 0.25) is 0 Å². The third kappa shape index (κ3) is 9.04. The number of benzene rings is 3. The molecule has 1 N–H and O–H groups in total. The Bertz CT molecular complexity index is 1080. The van der Waals surface area contributed by atoms with E-state index in [1.165, 1.54) is 12.7 Å². The van der Waals surface area contributed by atoms with Gasteiger partial charge in [-0.2, -0.15) is 0 Å². The lowest BCUT2D eigenvalue weighted by Gasteiger charge is -2.14. The van der Waals surface area contributed by atoms with Crippen molar-refractivity contribution in [2.45, 2.75) is 19.1 Å². The molecular weight excluding hydrogens is 563 g/mol. The molecule has 1 aliphatic rings. The van der Waals surface area contributed by atoms with Crippen LogP contribution in [0.4, 0.5) is 0 Å². The quantitative estimate of drug-likeness (QED) is 0.174. The summed E-state index contributed by atoms with van der Waals surface area (Å²) in [5, 5.41) is 10.1. The number of carbonyl (C=O) groups excluding carboxylic acids is 1. The van der Waals surface area contributed by atoms with Gasteiger partial charge >= 0.3 is 27.2 Å². The molecule has 35 heavy (non-hydrogen) atoms. The molecule has 0 spiro atoms. The second-order valence-corrected chi connectivity index (χ2v) is 11.1. The van der Waals surface area contributed by atoms with Crippen molar-refractivity contribution in [3.05, 3.63) is 85.5 Å². The standard InChI is InChI=1S/C27H28IO7/c1-19-5-7-20(8-6-19)28-21-9-11-23(12-10-21)34-18-27(30)35-15-22(29)14-31-24-3-2-4-25(13-24)32-16-26-17-33-26/h2-13,22,26,29H,14-18H2,1H3/q+1. The first kappa shape index (κ1) is 25.3. The largest absolute Gasteiger partial charge is 0.491 e. The third-order valence-corrected chi connectivity index (χ3v) is 7.61. The molecule has 0 saturated carbocycles. The SMILES string of the molecule is Cc1ccc([I+]c2ccc(OCC(=O)OCC(O)COc3cccc(OCC4CO4)c3)cc2)cc1. The summed E-state index contributed by atoms with van der Waals surface area (Å²) >= 11 is -0.257. The molecule has 0 aromatic heterocycles. The molecule has 7 nitrogen and oxygen atoms in total. The summed E-state index contributed by atoms with van der Waals surface area (Å²) in [5.41, 5.74) is 1.25. The number of rotatable bonds is 13. The zero-order valence-corrected chi connectivity index (χ0v) is 21.6. The molecule has 0 aliphatic carbocycles. The van der Waals surface area contributed by atoms with Gasteiger partial charge in [0.15, 0.2) is 13.7 Å². The number of halogens is 1. The van der Waals surface area contributed by atoms with Crippen molar-refractivity contribution in [1.29, 1.82) is 0 Å². The maximum absolute atomic E-state index is 12.0. The van der Waals surface area contributed by atoms with E-state index in [1.807, 2.05) is 30.3 Å². The summed E-state index contributed by atoms with van der Waals surface area (Å²) in [6.45, 7) is 2.88. The molecule has 4 rings (SSSR count). The number of hydrogen-bond acceptors (Lipinski definition) is 7. The van der Waals surface area contributed by atoms with E-state index in [9.17, 15) is 9.90 Å². The molecule has 2 atom stereocenters. The van der Waals surface area contributed by atoms with E-state index >= 15 is 0 Å². The van der Waals surface area contributed by atoms with Crippen LogP contribution in [0.15, 0.2) is 72.8 Å². The molecule has 1 fully saturated rings. The van der Waals surface area contributed by atoms with Gasteiger partial charge in [-0.1, -0.05) is 23.8 Å². The van der Waals surface area contributed by atoms with Crippen LogP contribution in [0.5, 0.6) is 17.2 Å². The highest BCUT2D eigenvalue weighted by Gasteiger charge is 2.23. The van der Waals surface area contributed by atoms with Gasteiger partial charge in [-0.3, -0.25) is 0 Å². The maximum Gasteiger partial charge on any atom is 0.357 e. The van der Waals surface area contributed by atoms with E-state index in [1.54, 1.807) is 18.2 Å². The van der Waals surface area contributed by atoms with Crippen molar-refractivity contribution in [2.75, 3.05) is 33.0 Å². The summed E-state index contributed by atoms with van der Waals surface area (Å²) in [7, 11) is 0. The van der Waals surface area contributed by atoms with Gasteiger partial charge in [0.25, 0.3) is 0 Å². The van der Waals surface area contributed by atoms with Crippen molar-refractivity contribution in [2.24, 2.45) is 0 Å². The van der Waals surface area contributed by atoms with E-state index in [4.69, 9.17) is 23.7 Å². The number of aliphatic hydroxyl groups excluding tert-OH is 1. The Balaban J connectivity index is 1.12. The van der Waals surface area contributed by atoms with E-state index in [-0.39, 0.29) is 47.1 Å². The molecule has 0 amide bonds. The zero-order valence-electron chi connectivity index (χ0n) is 19.4. The van der Waals surface area contributed by atoms with E-state index in [0.29, 0.717) is 23.9 Å². The molecule has 3 aromatic rings. The lowest BCUT2D eigenvalue weighted by atomic mass is 10.2. The molecule has 2 unspecified atom stereocenters. The number of carbonyl (C=O) groups is 1. The summed E-state index contributed by atoms with van der Waals surface area (Å²) in [6.07, 6.45) is -0.793. The zero-order chi connectivity index (χ0) is 24.5. The van der Waals surface area contributed by atoms with Crippen molar-refractivity contribution in [1.82, 2.24) is 0 Å². The second kappa shape index (κ2) is 12.8. The first-order chi connectivity index (χ1) is 17.0. The normalized spacial score (nSPS) is 15.2. The minimum Gasteiger partial charge on any atom is -0.491 e. The molecule has 1 aliphatic heterocycles. The second-order valence-electron chi connectivity index (χ2n) is 8.02. The minimum atomic E-state index is -0.964. The van der Waals surface area contributed by atoms with Crippen LogP contribution in [0.25, 0.3) is 0 Å². The maximum atomic E-state index is 12.0. The van der Waals surface area contributed by atoms with E-state index in [0.717, 1.165) is 6.61 Å². The number of ether oxygens (including phenoxy) is 5. The van der Waals surface area contributed by atoms with Gasteiger partial charge < -0.3 is 28.8 Å². The fourth-order valence-corrected chi connectivity index (χ4v) is 5.09. The third-order valence-electron chi connectivity index (χ3n) is 4.92. The summed E-state index contributed by atoms with van der Waals surface area (Å²) in [5.74, 6) is 1.26. The molecule has 0 radical (unpaired) electrons. The Morgan fingerprint density at radius 1 is 0.943 bits per heavy atom. The first-order valence-electron chi connectivity index (χ1n) is 11.3. The predicted octanol–water partition coefficient (Wildman–Crippen LogP) is 0.263. The van der Waals surface area contributed by atoms with Gasteiger partial charge in [-0.25, -0.2) is 4.79 Å². The summed E-state index contributed by atoms with van der Waals surface area (Å²) < 4.78 is 29.5. The fraction of sp³-hybridized carbons (Fsp3) is 0.296. The van der Waals surface area contributed by atoms with Crippen molar-refractivity contribution in [3.8, 4) is 17.2 Å². The van der Waals surface area contributed by atoms with E-state index < -0.39 is 12.1 Å². The average Bonchev–Trinajstić information content (AvgIpc) is 3.71. The van der Waals surface area contributed by atoms with Gasteiger partial charge in [0.05, 0.1) is 6.61 Å². The van der Waals surface area contributed by atoms with Gasteiger partial charge in [-0.05, 0) is 55.5 Å². The predicted molar refractivity (Wildman–Crippen MR) is 125 cm³/mol. The Hall–Kier alpha value is -2.82. The molecule has 0 bridgehead atoms. The minimum absolute atomic E-state index is 0.0190. The van der Waals surface area contributed by atoms with Crippen LogP contribution in [-0.2, 0) is 14.3 Å². The molecule has 184 valence electrons. The van der Waals surface area contributed by atoms with Crippen LogP contribution in [0.3, 0.4) is 0 Å². The van der Waals surface area contributed by atoms with Gasteiger partial charge in [0, 0.05) is 6.07 Å². The highest BCUT2D eigenvalue weighted by molar-refractivity contribution is 5.71. The lowest BCUT2D eigenvalue weighted by Crippen LogP contribution is -3.61. The molecule has 1 heterocycles. The van der Waals surface area contributed by atoms with Crippen molar-refractivity contribution >= 4 is 5.97 Å². The summed E-state index contributed by atoms with van der Waals surface area (Å²) in [4.78, 5) is 12.0. The highest BCUT2D eigenvalue weighted by atomic mass is 127. The topological polar surface area (TPSA) is 86.8 Å². The van der Waals surface area contributed by atoms with Crippen LogP contribution in [-0.4, -0.2) is 56.3 Å². The first-order valence-corrected chi connectivity index (χ1v) is 13.4. The van der Waals surface area contributed by atoms with Crippen LogP contribution < -0.4 is 35.4 Å². The number of esters is 1. The Morgan fingerprint density at radius 2 is 1.60 bits per heavy atom. The van der Waals surface area contributed by atoms with Crippen LogP contribution in [0, 0.1) is 14.1 Å². The van der Waals surface area contributed by atoms with Gasteiger partial charge in [0.1, 0.15) is 49.3 Å². The van der Waals surface area contributed by atoms with Crippen molar-refractivity contribution < 1.29 is 54.8 Å². The molecule has 1 saturated heterocycles. The smallest absolute Gasteiger partial charge is 0.357 e. The highest BCUT2D eigenvalue weighted by Crippen LogP contribution is 2.21. The number of hydrogen-bond donors (Lipinski definition) is 1.